The molecule has 0 rings (SSSR count). The van der Waals surface area contributed by atoms with Gasteiger partial charge in [0, 0.05) is 5.75 Å². The monoisotopic (exact) mass is 167 g/mol. The van der Waals surface area contributed by atoms with Crippen LogP contribution in [0.4, 0.5) is 0 Å². The summed E-state index contributed by atoms with van der Waals surface area (Å²) in [6, 6.07) is -0.782. The van der Waals surface area contributed by atoms with Crippen molar-refractivity contribution in [3.63, 3.8) is 0 Å². The molecule has 3 N–H and O–H groups in total. The molecule has 0 aromatic carbocycles. The molecule has 0 aliphatic rings. The highest BCUT2D eigenvalue weighted by Gasteiger charge is 2.10. The van der Waals surface area contributed by atoms with E-state index in [4.69, 9.17) is 22.0 Å². The van der Waals surface area contributed by atoms with Crippen molar-refractivity contribution in [1.82, 2.24) is 0 Å². The van der Waals surface area contributed by atoms with Crippen LogP contribution in [-0.4, -0.2) is 29.1 Å². The normalized spacial score (nSPS) is 16.7. The lowest BCUT2D eigenvalue weighted by Crippen LogP contribution is -2.34. The molecule has 0 aliphatic heterocycles. The van der Waals surface area contributed by atoms with E-state index in [1.54, 1.807) is 6.26 Å². The van der Waals surface area contributed by atoms with E-state index in [0.29, 0.717) is 5.75 Å². The summed E-state index contributed by atoms with van der Waals surface area (Å²) in [6.45, 7) is 0. The Morgan fingerprint density at radius 1 is 2.00 bits per heavy atom. The Hall–Kier alpha value is -0.000000000000000111. The Bertz CT molecular complexity index is 137. The minimum absolute atomic E-state index is 0.289. The van der Waals surface area contributed by atoms with Gasteiger partial charge in [-0.15, -0.1) is 9.45 Å². The summed E-state index contributed by atoms with van der Waals surface area (Å²) in [6.07, 6.45) is 1.79. The maximum atomic E-state index is 10.1. The predicted molar refractivity (Wildman–Crippen MR) is 41.1 cm³/mol. The van der Waals surface area contributed by atoms with E-state index in [0.717, 1.165) is 0 Å². The van der Waals surface area contributed by atoms with Gasteiger partial charge in [-0.3, -0.25) is 4.79 Å². The zero-order valence-corrected chi connectivity index (χ0v) is 6.67. The van der Waals surface area contributed by atoms with Gasteiger partial charge in [0.25, 0.3) is 0 Å². The molecule has 54 valence electrons. The fourth-order valence-electron chi connectivity index (χ4n) is 0.324. The Morgan fingerprint density at radius 2 is 2.44 bits per heavy atom. The molecule has 0 amide bonds. The summed E-state index contributed by atoms with van der Waals surface area (Å²) in [7, 11) is -0.289. The van der Waals surface area contributed by atoms with Crippen molar-refractivity contribution in [1.29, 1.82) is 0 Å². The topological polar surface area (TPSA) is 63.3 Å². The van der Waals surface area contributed by atoms with Crippen LogP contribution in [-0.2, 0) is 25.4 Å². The van der Waals surface area contributed by atoms with Crippen molar-refractivity contribution in [3.05, 3.63) is 0 Å². The lowest BCUT2D eigenvalue weighted by molar-refractivity contribution is -0.137. The van der Waals surface area contributed by atoms with Crippen molar-refractivity contribution < 1.29 is 9.90 Å². The van der Waals surface area contributed by atoms with Crippen LogP contribution in [0.2, 0.25) is 0 Å². The van der Waals surface area contributed by atoms with Crippen LogP contribution in [0, 0.1) is 0 Å². The smallest absolute Gasteiger partial charge is 0.321 e. The molecule has 0 saturated carbocycles. The molecule has 3 nitrogen and oxygen atoms in total. The largest absolute Gasteiger partial charge is 0.480 e. The Kier molecular flexibility index (Phi) is 3.92. The quantitative estimate of drug-likeness (QED) is 0.572. The first-order chi connectivity index (χ1) is 4.04. The van der Waals surface area contributed by atoms with Crippen molar-refractivity contribution >= 4 is 26.6 Å². The zero-order chi connectivity index (χ0) is 7.44. The van der Waals surface area contributed by atoms with Crippen LogP contribution in [0.1, 0.15) is 0 Å². The van der Waals surface area contributed by atoms with Crippen LogP contribution in [0.15, 0.2) is 0 Å². The summed E-state index contributed by atoms with van der Waals surface area (Å²) in [5, 5.41) is 8.26. The maximum Gasteiger partial charge on any atom is 0.321 e. The van der Waals surface area contributed by atoms with E-state index >= 15 is 0 Å². The van der Waals surface area contributed by atoms with Gasteiger partial charge in [-0.05, 0) is 6.26 Å². The van der Waals surface area contributed by atoms with E-state index < -0.39 is 12.0 Å². The molecule has 2 atom stereocenters. The number of rotatable bonds is 3. The van der Waals surface area contributed by atoms with Gasteiger partial charge in [0.05, 0.1) is 0 Å². The van der Waals surface area contributed by atoms with Crippen LogP contribution in [0.25, 0.3) is 0 Å². The first-order valence-electron chi connectivity index (χ1n) is 2.32. The summed E-state index contributed by atoms with van der Waals surface area (Å²) in [4.78, 5) is 10.1. The van der Waals surface area contributed by atoms with Crippen LogP contribution in [0.3, 0.4) is 0 Å². The van der Waals surface area contributed by atoms with E-state index in [9.17, 15) is 4.79 Å². The van der Waals surface area contributed by atoms with Crippen LogP contribution >= 0.6 is 0 Å². The molecular formula is C4H9NO2S2. The molecule has 0 aromatic rings. The first kappa shape index (κ1) is 9.00. The van der Waals surface area contributed by atoms with Gasteiger partial charge < -0.3 is 10.8 Å². The molecule has 0 bridgehead atoms. The average molecular weight is 167 g/mol. The summed E-state index contributed by atoms with van der Waals surface area (Å²) in [5.74, 6) is -0.579. The number of hydrogen-bond acceptors (Lipinski definition) is 3. The summed E-state index contributed by atoms with van der Waals surface area (Å²) in [5.41, 5.74) is 5.16. The molecule has 0 aromatic heterocycles. The number of hydrogen-bond donors (Lipinski definition) is 2. The van der Waals surface area contributed by atoms with Gasteiger partial charge in [0.1, 0.15) is 6.04 Å². The highest BCUT2D eigenvalue weighted by molar-refractivity contribution is 8.28. The fourth-order valence-corrected chi connectivity index (χ4v) is 1.41. The van der Waals surface area contributed by atoms with Gasteiger partial charge >= 0.3 is 5.97 Å². The highest BCUT2D eigenvalue weighted by atomic mass is 32.8. The van der Waals surface area contributed by atoms with E-state index in [1.165, 1.54) is 0 Å². The number of carboxylic acid groups (broad SMARTS) is 1. The molecule has 0 spiro atoms. The van der Waals surface area contributed by atoms with Gasteiger partial charge in [-0.25, -0.2) is 0 Å². The van der Waals surface area contributed by atoms with Crippen molar-refractivity contribution in [3.8, 4) is 0 Å². The van der Waals surface area contributed by atoms with Crippen molar-refractivity contribution in [2.24, 2.45) is 5.73 Å². The molecule has 9 heavy (non-hydrogen) atoms. The standard InChI is InChI=1S/C4H9NO2S2/c1-9(8)2-3(5)4(6)7/h3H,2,5H2,1H3,(H,6,7). The Morgan fingerprint density at radius 3 is 2.56 bits per heavy atom. The van der Waals surface area contributed by atoms with Crippen molar-refractivity contribution in [2.45, 2.75) is 6.04 Å². The van der Waals surface area contributed by atoms with E-state index in [-0.39, 0.29) is 9.45 Å². The predicted octanol–water partition coefficient (Wildman–Crippen LogP) is -0.892. The van der Waals surface area contributed by atoms with Crippen LogP contribution < -0.4 is 5.73 Å². The average Bonchev–Trinajstić information content (AvgIpc) is 1.63. The fraction of sp³-hybridized carbons (Fsp3) is 0.750. The summed E-state index contributed by atoms with van der Waals surface area (Å²) < 4.78 is 0. The van der Waals surface area contributed by atoms with Gasteiger partial charge in [-0.2, -0.15) is 0 Å². The maximum absolute atomic E-state index is 10.1. The van der Waals surface area contributed by atoms with Gasteiger partial charge in [-0.1, -0.05) is 11.2 Å². The number of nitrogens with two attached hydrogens (primary N) is 1. The van der Waals surface area contributed by atoms with Crippen molar-refractivity contribution in [2.75, 3.05) is 12.0 Å². The SMILES string of the molecule is CS(=S)CC(N)C(=O)O. The lowest BCUT2D eigenvalue weighted by Gasteiger charge is -2.02. The number of carboxylic acids is 1. The van der Waals surface area contributed by atoms with E-state index in [2.05, 4.69) is 0 Å². The second kappa shape index (κ2) is 3.92. The third-order valence-electron chi connectivity index (χ3n) is 0.731. The number of carbonyl (C=O) groups is 1. The third kappa shape index (κ3) is 4.50. The molecule has 0 fully saturated rings. The third-order valence-corrected chi connectivity index (χ3v) is 1.97. The molecule has 2 unspecified atom stereocenters. The van der Waals surface area contributed by atoms with E-state index in [1.807, 2.05) is 0 Å². The van der Waals surface area contributed by atoms with Gasteiger partial charge in [0.2, 0.25) is 0 Å². The molecule has 0 radical (unpaired) electrons. The minimum Gasteiger partial charge on any atom is -0.480 e. The molecule has 0 heterocycles. The van der Waals surface area contributed by atoms with Crippen LogP contribution in [0.5, 0.6) is 0 Å². The Labute approximate surface area is 60.8 Å². The lowest BCUT2D eigenvalue weighted by atomic mass is 10.4. The highest BCUT2D eigenvalue weighted by Crippen LogP contribution is 1.82. The second-order valence-electron chi connectivity index (χ2n) is 1.68. The molecule has 5 heteroatoms. The number of aliphatic carboxylic acids is 1. The molecular weight excluding hydrogens is 158 g/mol. The minimum atomic E-state index is -0.973. The zero-order valence-electron chi connectivity index (χ0n) is 5.03. The molecule has 0 saturated heterocycles. The first-order valence-corrected chi connectivity index (χ1v) is 5.05. The molecule has 0 aliphatic carbocycles. The second-order valence-corrected chi connectivity index (χ2v) is 4.87. The Balaban J connectivity index is 3.63. The summed E-state index contributed by atoms with van der Waals surface area (Å²) >= 11 is 4.76. The van der Waals surface area contributed by atoms with Gasteiger partial charge in [0.15, 0.2) is 0 Å².